The Kier molecular flexibility index (Phi) is 9.62. The summed E-state index contributed by atoms with van der Waals surface area (Å²) in [5, 5.41) is 10.0. The predicted molar refractivity (Wildman–Crippen MR) is 168 cm³/mol. The number of methoxy groups -OCH3 is 1. The minimum absolute atomic E-state index is 0.195. The van der Waals surface area contributed by atoms with E-state index in [1.807, 2.05) is 83.7 Å². The summed E-state index contributed by atoms with van der Waals surface area (Å²) in [6.45, 7) is 0.516. The van der Waals surface area contributed by atoms with Gasteiger partial charge in [0.05, 0.1) is 24.7 Å². The Hall–Kier alpha value is -4.07. The number of esters is 1. The molecule has 0 aliphatic heterocycles. The lowest BCUT2D eigenvalue weighted by atomic mass is 9.98. The van der Waals surface area contributed by atoms with Gasteiger partial charge in [-0.15, -0.1) is 0 Å². The van der Waals surface area contributed by atoms with Crippen molar-refractivity contribution in [3.8, 4) is 16.9 Å². The van der Waals surface area contributed by atoms with Crippen molar-refractivity contribution in [1.29, 1.82) is 0 Å². The van der Waals surface area contributed by atoms with Gasteiger partial charge in [-0.3, -0.25) is 9.59 Å². The third kappa shape index (κ3) is 6.86. The van der Waals surface area contributed by atoms with E-state index >= 15 is 0 Å². The molecular formula is C33H32Cl2N4O3. The van der Waals surface area contributed by atoms with Crippen LogP contribution in [-0.2, 0) is 16.0 Å². The fourth-order valence-electron chi connectivity index (χ4n) is 5.09. The van der Waals surface area contributed by atoms with E-state index in [0.717, 1.165) is 64.7 Å². The summed E-state index contributed by atoms with van der Waals surface area (Å²) in [6, 6.07) is 23.2. The van der Waals surface area contributed by atoms with Crippen LogP contribution < -0.4 is 5.32 Å². The van der Waals surface area contributed by atoms with Crippen molar-refractivity contribution in [2.24, 2.45) is 0 Å². The number of benzene rings is 3. The number of carbonyl (C=O) groups excluding carboxylic acids is 2. The average Bonchev–Trinajstić information content (AvgIpc) is 3.58. The normalized spacial score (nSPS) is 11.1. The third-order valence-electron chi connectivity index (χ3n) is 7.20. The molecule has 5 aromatic rings. The Morgan fingerprint density at radius 2 is 1.67 bits per heavy atom. The molecule has 5 rings (SSSR count). The van der Waals surface area contributed by atoms with Gasteiger partial charge in [0.15, 0.2) is 0 Å². The molecule has 0 atom stereocenters. The molecule has 0 radical (unpaired) electrons. The largest absolute Gasteiger partial charge is 0.469 e. The maximum atomic E-state index is 13.7. The van der Waals surface area contributed by atoms with Gasteiger partial charge < -0.3 is 15.0 Å². The SMILES string of the molecule is COC(=O)CCCCCCNC(=O)c1[nH]c2cc(Cl)ccc2c1-c1c(Cc2ccc(Cl)cc2)cnn1-c1ccccc1. The van der Waals surface area contributed by atoms with Gasteiger partial charge in [0, 0.05) is 51.5 Å². The lowest BCUT2D eigenvalue weighted by Gasteiger charge is -2.13. The van der Waals surface area contributed by atoms with Gasteiger partial charge >= 0.3 is 5.97 Å². The predicted octanol–water partition coefficient (Wildman–Crippen LogP) is 7.77. The molecule has 2 aromatic heterocycles. The van der Waals surface area contributed by atoms with E-state index in [1.165, 1.54) is 7.11 Å². The molecule has 0 aliphatic carbocycles. The van der Waals surface area contributed by atoms with Crippen LogP contribution in [0.1, 0.15) is 53.7 Å². The highest BCUT2D eigenvalue weighted by molar-refractivity contribution is 6.31. The monoisotopic (exact) mass is 602 g/mol. The topological polar surface area (TPSA) is 89.0 Å². The molecule has 0 bridgehead atoms. The Morgan fingerprint density at radius 1 is 0.929 bits per heavy atom. The quantitative estimate of drug-likeness (QED) is 0.113. The summed E-state index contributed by atoms with van der Waals surface area (Å²) < 4.78 is 6.59. The molecule has 3 aromatic carbocycles. The standard InChI is InChI=1S/C33H32Cl2N4O3/c1-42-29(40)11-7-2-3-8-18-36-33(41)31-30(27-17-16-25(35)20-28(27)38-31)32-23(19-22-12-14-24(34)15-13-22)21-37-39(32)26-9-5-4-6-10-26/h4-6,9-10,12-17,20-21,38H,2-3,7-8,11,18-19H2,1H3,(H,36,41). The maximum Gasteiger partial charge on any atom is 0.305 e. The lowest BCUT2D eigenvalue weighted by Crippen LogP contribution is -2.25. The van der Waals surface area contributed by atoms with E-state index in [1.54, 1.807) is 0 Å². The van der Waals surface area contributed by atoms with Crippen LogP contribution in [0.25, 0.3) is 27.8 Å². The molecule has 7 nitrogen and oxygen atoms in total. The van der Waals surface area contributed by atoms with Gasteiger partial charge in [0.2, 0.25) is 0 Å². The van der Waals surface area contributed by atoms with E-state index < -0.39 is 0 Å². The molecule has 9 heteroatoms. The zero-order valence-electron chi connectivity index (χ0n) is 23.3. The van der Waals surface area contributed by atoms with Crippen LogP contribution in [-0.4, -0.2) is 40.3 Å². The van der Waals surface area contributed by atoms with Crippen molar-refractivity contribution in [1.82, 2.24) is 20.1 Å². The number of aromatic nitrogens is 3. The number of hydrogen-bond acceptors (Lipinski definition) is 4. The molecule has 216 valence electrons. The van der Waals surface area contributed by atoms with Crippen LogP contribution in [0.4, 0.5) is 0 Å². The Labute approximate surface area is 254 Å². The first-order valence-electron chi connectivity index (χ1n) is 14.0. The highest BCUT2D eigenvalue weighted by atomic mass is 35.5. The van der Waals surface area contributed by atoms with Crippen LogP contribution in [0.2, 0.25) is 10.0 Å². The molecule has 0 spiro atoms. The fraction of sp³-hybridized carbons (Fsp3) is 0.242. The number of fused-ring (bicyclic) bond motifs is 1. The first-order valence-corrected chi connectivity index (χ1v) is 14.7. The van der Waals surface area contributed by atoms with Crippen LogP contribution in [0.5, 0.6) is 0 Å². The van der Waals surface area contributed by atoms with Crippen molar-refractivity contribution in [3.63, 3.8) is 0 Å². The first-order chi connectivity index (χ1) is 20.4. The maximum absolute atomic E-state index is 13.7. The van der Waals surface area contributed by atoms with E-state index in [-0.39, 0.29) is 11.9 Å². The van der Waals surface area contributed by atoms with Crippen LogP contribution >= 0.6 is 23.2 Å². The Balaban J connectivity index is 1.49. The Morgan fingerprint density at radius 3 is 2.43 bits per heavy atom. The number of amides is 1. The number of unbranched alkanes of at least 4 members (excludes halogenated alkanes) is 3. The molecule has 2 N–H and O–H groups in total. The van der Waals surface area contributed by atoms with Crippen molar-refractivity contribution in [3.05, 3.63) is 106 Å². The summed E-state index contributed by atoms with van der Waals surface area (Å²) in [4.78, 5) is 28.4. The highest BCUT2D eigenvalue weighted by Crippen LogP contribution is 2.38. The smallest absolute Gasteiger partial charge is 0.305 e. The number of hydrogen-bond donors (Lipinski definition) is 2. The second kappa shape index (κ2) is 13.7. The summed E-state index contributed by atoms with van der Waals surface area (Å²) in [5.74, 6) is -0.398. The zero-order valence-corrected chi connectivity index (χ0v) is 24.8. The molecular weight excluding hydrogens is 571 g/mol. The number of H-pyrrole nitrogens is 1. The number of ether oxygens (including phenoxy) is 1. The van der Waals surface area contributed by atoms with Gasteiger partial charge in [-0.25, -0.2) is 4.68 Å². The minimum atomic E-state index is -0.204. The number of halogens is 2. The second-order valence-corrected chi connectivity index (χ2v) is 11.0. The van der Waals surface area contributed by atoms with Gasteiger partial charge in [-0.2, -0.15) is 5.10 Å². The summed E-state index contributed by atoms with van der Waals surface area (Å²) >= 11 is 12.5. The van der Waals surface area contributed by atoms with Crippen molar-refractivity contribution < 1.29 is 14.3 Å². The van der Waals surface area contributed by atoms with E-state index in [0.29, 0.717) is 35.1 Å². The van der Waals surface area contributed by atoms with E-state index in [4.69, 9.17) is 33.0 Å². The van der Waals surface area contributed by atoms with Gasteiger partial charge in [0.1, 0.15) is 5.69 Å². The number of para-hydroxylation sites is 1. The first kappa shape index (κ1) is 29.4. The molecule has 0 fully saturated rings. The molecule has 0 aliphatic rings. The zero-order chi connectivity index (χ0) is 29.5. The molecule has 0 saturated carbocycles. The molecule has 42 heavy (non-hydrogen) atoms. The molecule has 1 amide bonds. The minimum Gasteiger partial charge on any atom is -0.469 e. The summed E-state index contributed by atoms with van der Waals surface area (Å²) in [7, 11) is 1.40. The number of carbonyl (C=O) groups is 2. The molecule has 0 saturated heterocycles. The van der Waals surface area contributed by atoms with Crippen LogP contribution in [0.3, 0.4) is 0 Å². The fourth-order valence-corrected chi connectivity index (χ4v) is 5.39. The van der Waals surface area contributed by atoms with E-state index in [9.17, 15) is 9.59 Å². The molecule has 0 unspecified atom stereocenters. The number of nitrogens with zero attached hydrogens (tertiary/aromatic N) is 2. The van der Waals surface area contributed by atoms with Crippen LogP contribution in [0.15, 0.2) is 79.0 Å². The lowest BCUT2D eigenvalue weighted by molar-refractivity contribution is -0.140. The van der Waals surface area contributed by atoms with E-state index in [2.05, 4.69) is 10.3 Å². The number of rotatable bonds is 12. The number of aromatic amines is 1. The highest BCUT2D eigenvalue weighted by Gasteiger charge is 2.25. The van der Waals surface area contributed by atoms with Crippen LogP contribution in [0, 0.1) is 0 Å². The second-order valence-electron chi connectivity index (χ2n) is 10.1. The van der Waals surface area contributed by atoms with Crippen molar-refractivity contribution >= 4 is 46.0 Å². The van der Waals surface area contributed by atoms with Crippen molar-refractivity contribution in [2.75, 3.05) is 13.7 Å². The molecule has 2 heterocycles. The summed E-state index contributed by atoms with van der Waals surface area (Å²) in [5.41, 5.74) is 5.75. The Bertz CT molecular complexity index is 1680. The number of nitrogens with one attached hydrogen (secondary N) is 2. The average molecular weight is 604 g/mol. The van der Waals surface area contributed by atoms with Crippen molar-refractivity contribution in [2.45, 2.75) is 38.5 Å². The van der Waals surface area contributed by atoms with Gasteiger partial charge in [-0.05, 0) is 54.8 Å². The van der Waals surface area contributed by atoms with Gasteiger partial charge in [0.25, 0.3) is 5.91 Å². The summed E-state index contributed by atoms with van der Waals surface area (Å²) in [6.07, 6.45) is 6.25. The third-order valence-corrected chi connectivity index (χ3v) is 7.69. The van der Waals surface area contributed by atoms with Gasteiger partial charge in [-0.1, -0.05) is 72.4 Å².